The Bertz CT molecular complexity index is 922. The molecule has 1 saturated heterocycles. The number of aromatic nitrogens is 1. The van der Waals surface area contributed by atoms with E-state index < -0.39 is 10.0 Å². The maximum atomic E-state index is 12.9. The maximum Gasteiger partial charge on any atom is 0.268 e. The van der Waals surface area contributed by atoms with E-state index in [1.54, 1.807) is 23.7 Å². The smallest absolute Gasteiger partial charge is 0.268 e. The van der Waals surface area contributed by atoms with Crippen molar-refractivity contribution >= 4 is 27.5 Å². The molecule has 0 unspecified atom stereocenters. The van der Waals surface area contributed by atoms with Crippen LogP contribution in [0.25, 0.3) is 0 Å². The molecular weight excluding hydrogens is 386 g/mol. The van der Waals surface area contributed by atoms with E-state index in [2.05, 4.69) is 12.2 Å². The van der Waals surface area contributed by atoms with Gasteiger partial charge in [0.1, 0.15) is 10.6 Å². The molecule has 1 amide bonds. The molecule has 6 nitrogen and oxygen atoms in total. The van der Waals surface area contributed by atoms with Crippen molar-refractivity contribution in [3.8, 4) is 0 Å². The van der Waals surface area contributed by atoms with Crippen LogP contribution in [-0.2, 0) is 23.6 Å². The van der Waals surface area contributed by atoms with Crippen LogP contribution in [0.4, 0.5) is 0 Å². The lowest BCUT2D eigenvalue weighted by molar-refractivity contribution is 0.0942. The number of aryl methyl sites for hydroxylation is 1. The van der Waals surface area contributed by atoms with Gasteiger partial charge in [-0.15, -0.1) is 0 Å². The number of nitrogens with zero attached hydrogens (tertiary/aromatic N) is 2. The molecule has 0 aliphatic carbocycles. The number of nitrogens with one attached hydrogen (secondary N) is 1. The van der Waals surface area contributed by atoms with Gasteiger partial charge in [0.25, 0.3) is 5.91 Å². The highest BCUT2D eigenvalue weighted by atomic mass is 35.5. The SMILES string of the molecule is C[C@H]1CCCN(S(=O)(=O)c2cc(C(=O)NCc3ccc(Cl)cc3)n(C)c2)C1. The number of amides is 1. The number of piperidine rings is 1. The van der Waals surface area contributed by atoms with Crippen LogP contribution < -0.4 is 5.32 Å². The standard InChI is InChI=1S/C19H24ClN3O3S/c1-14-4-3-9-23(12-14)27(25,26)17-10-18(22(2)13-17)19(24)21-11-15-5-7-16(20)8-6-15/h5-8,10,13-14H,3-4,9,11-12H2,1-2H3,(H,21,24)/t14-/m0/s1. The van der Waals surface area contributed by atoms with Crippen LogP contribution in [-0.4, -0.2) is 36.3 Å². The van der Waals surface area contributed by atoms with Gasteiger partial charge in [-0.3, -0.25) is 4.79 Å². The average molecular weight is 410 g/mol. The molecule has 1 aromatic heterocycles. The van der Waals surface area contributed by atoms with E-state index in [0.29, 0.717) is 36.3 Å². The Labute approximate surface area is 165 Å². The zero-order chi connectivity index (χ0) is 19.6. The summed E-state index contributed by atoms with van der Waals surface area (Å²) >= 11 is 5.86. The fraction of sp³-hybridized carbons (Fsp3) is 0.421. The molecule has 0 radical (unpaired) electrons. The van der Waals surface area contributed by atoms with E-state index in [1.807, 2.05) is 12.1 Å². The second-order valence-corrected chi connectivity index (χ2v) is 9.47. The lowest BCUT2D eigenvalue weighted by atomic mass is 10.0. The van der Waals surface area contributed by atoms with E-state index in [9.17, 15) is 13.2 Å². The highest BCUT2D eigenvalue weighted by molar-refractivity contribution is 7.89. The third-order valence-electron chi connectivity index (χ3n) is 4.84. The zero-order valence-electron chi connectivity index (χ0n) is 15.5. The van der Waals surface area contributed by atoms with Crippen molar-refractivity contribution in [3.05, 3.63) is 52.8 Å². The molecule has 27 heavy (non-hydrogen) atoms. The summed E-state index contributed by atoms with van der Waals surface area (Å²) in [7, 11) is -1.91. The summed E-state index contributed by atoms with van der Waals surface area (Å²) in [4.78, 5) is 12.7. The van der Waals surface area contributed by atoms with Gasteiger partial charge < -0.3 is 9.88 Å². The van der Waals surface area contributed by atoms with Crippen LogP contribution in [0.1, 0.15) is 35.8 Å². The van der Waals surface area contributed by atoms with Crippen LogP contribution in [0.15, 0.2) is 41.4 Å². The lowest BCUT2D eigenvalue weighted by Crippen LogP contribution is -2.38. The van der Waals surface area contributed by atoms with Gasteiger partial charge in [0, 0.05) is 37.9 Å². The first kappa shape index (κ1) is 19.9. The predicted molar refractivity (Wildman–Crippen MR) is 105 cm³/mol. The Morgan fingerprint density at radius 1 is 1.30 bits per heavy atom. The Hall–Kier alpha value is -1.83. The minimum absolute atomic E-state index is 0.163. The van der Waals surface area contributed by atoms with Gasteiger partial charge in [0.15, 0.2) is 0 Å². The first-order valence-corrected chi connectivity index (χ1v) is 10.8. The second-order valence-electron chi connectivity index (χ2n) is 7.09. The van der Waals surface area contributed by atoms with E-state index >= 15 is 0 Å². The van der Waals surface area contributed by atoms with Crippen LogP contribution in [0.3, 0.4) is 0 Å². The fourth-order valence-corrected chi connectivity index (χ4v) is 5.09. The van der Waals surface area contributed by atoms with Crippen molar-refractivity contribution < 1.29 is 13.2 Å². The molecule has 3 rings (SSSR count). The summed E-state index contributed by atoms with van der Waals surface area (Å²) in [5, 5.41) is 3.45. The molecule has 0 saturated carbocycles. The zero-order valence-corrected chi connectivity index (χ0v) is 17.1. The Morgan fingerprint density at radius 2 is 2.00 bits per heavy atom. The fourth-order valence-electron chi connectivity index (χ4n) is 3.29. The molecule has 2 heterocycles. The highest BCUT2D eigenvalue weighted by Gasteiger charge is 2.30. The molecule has 1 aliphatic heterocycles. The number of benzene rings is 1. The van der Waals surface area contributed by atoms with Gasteiger partial charge in [-0.2, -0.15) is 4.31 Å². The summed E-state index contributed by atoms with van der Waals surface area (Å²) in [6.45, 7) is 3.45. The number of sulfonamides is 1. The molecule has 1 fully saturated rings. The van der Waals surface area contributed by atoms with Crippen LogP contribution in [0, 0.1) is 5.92 Å². The maximum absolute atomic E-state index is 12.9. The molecule has 0 spiro atoms. The van der Waals surface area contributed by atoms with Crippen molar-refractivity contribution in [1.82, 2.24) is 14.2 Å². The van der Waals surface area contributed by atoms with Gasteiger partial charge in [-0.1, -0.05) is 30.7 Å². The summed E-state index contributed by atoms with van der Waals surface area (Å²) in [6.07, 6.45) is 3.41. The van der Waals surface area contributed by atoms with Crippen molar-refractivity contribution in [2.45, 2.75) is 31.2 Å². The Morgan fingerprint density at radius 3 is 2.67 bits per heavy atom. The number of carbonyl (C=O) groups excluding carboxylic acids is 1. The van der Waals surface area contributed by atoms with Crippen LogP contribution in [0.2, 0.25) is 5.02 Å². The van der Waals surface area contributed by atoms with Gasteiger partial charge >= 0.3 is 0 Å². The quantitative estimate of drug-likeness (QED) is 0.825. The van der Waals surface area contributed by atoms with Gasteiger partial charge in [0.2, 0.25) is 10.0 Å². The van der Waals surface area contributed by atoms with Crippen LogP contribution >= 0.6 is 11.6 Å². The first-order valence-electron chi connectivity index (χ1n) is 8.96. The van der Waals surface area contributed by atoms with Gasteiger partial charge in [-0.25, -0.2) is 8.42 Å². The molecule has 1 N–H and O–H groups in total. The van der Waals surface area contributed by atoms with E-state index in [1.165, 1.54) is 16.6 Å². The van der Waals surface area contributed by atoms with Gasteiger partial charge in [0.05, 0.1) is 0 Å². The number of halogens is 1. The van der Waals surface area contributed by atoms with E-state index in [-0.39, 0.29) is 10.8 Å². The summed E-state index contributed by atoms with van der Waals surface area (Å²) in [5.74, 6) is 0.0281. The number of hydrogen-bond acceptors (Lipinski definition) is 3. The number of rotatable bonds is 5. The Kier molecular flexibility index (Phi) is 5.93. The first-order chi connectivity index (χ1) is 12.8. The van der Waals surface area contributed by atoms with Crippen molar-refractivity contribution in [1.29, 1.82) is 0 Å². The highest BCUT2D eigenvalue weighted by Crippen LogP contribution is 2.24. The third kappa shape index (κ3) is 4.54. The monoisotopic (exact) mass is 409 g/mol. The second kappa shape index (κ2) is 8.04. The molecular formula is C19H24ClN3O3S. The average Bonchev–Trinajstić information content (AvgIpc) is 3.03. The Balaban J connectivity index is 1.73. The minimum Gasteiger partial charge on any atom is -0.347 e. The van der Waals surface area contributed by atoms with E-state index in [4.69, 9.17) is 11.6 Å². The topological polar surface area (TPSA) is 71.4 Å². The number of carbonyl (C=O) groups is 1. The molecule has 1 aliphatic rings. The largest absolute Gasteiger partial charge is 0.347 e. The summed E-state index contributed by atoms with van der Waals surface area (Å²) < 4.78 is 28.9. The predicted octanol–water partition coefficient (Wildman–Crippen LogP) is 3.03. The summed E-state index contributed by atoms with van der Waals surface area (Å²) in [6, 6.07) is 8.64. The molecule has 146 valence electrons. The van der Waals surface area contributed by atoms with Crippen LogP contribution in [0.5, 0.6) is 0 Å². The van der Waals surface area contributed by atoms with Crippen molar-refractivity contribution in [3.63, 3.8) is 0 Å². The normalized spacial score (nSPS) is 18.4. The lowest BCUT2D eigenvalue weighted by Gasteiger charge is -2.29. The summed E-state index contributed by atoms with van der Waals surface area (Å²) in [5.41, 5.74) is 1.23. The number of hydrogen-bond donors (Lipinski definition) is 1. The molecule has 1 aromatic carbocycles. The minimum atomic E-state index is -3.58. The van der Waals surface area contributed by atoms with E-state index in [0.717, 1.165) is 18.4 Å². The van der Waals surface area contributed by atoms with Gasteiger partial charge in [-0.05, 0) is 42.5 Å². The molecule has 2 aromatic rings. The molecule has 8 heteroatoms. The van der Waals surface area contributed by atoms with Crippen molar-refractivity contribution in [2.24, 2.45) is 13.0 Å². The molecule has 1 atom stereocenters. The third-order valence-corrected chi connectivity index (χ3v) is 6.92. The van der Waals surface area contributed by atoms with Crippen molar-refractivity contribution in [2.75, 3.05) is 13.1 Å². The molecule has 0 bridgehead atoms.